The summed E-state index contributed by atoms with van der Waals surface area (Å²) >= 11 is 5.04. The number of pyridine rings is 1. The smallest absolute Gasteiger partial charge is 0.335 e. The average molecular weight is 239 g/mol. The van der Waals surface area contributed by atoms with E-state index in [9.17, 15) is 4.79 Å². The Kier molecular flexibility index (Phi) is 4.24. The summed E-state index contributed by atoms with van der Waals surface area (Å²) in [6.07, 6.45) is 3.39. The zero-order chi connectivity index (χ0) is 12.2. The molecule has 1 aromatic rings. The Morgan fingerprint density at radius 3 is 2.75 bits per heavy atom. The van der Waals surface area contributed by atoms with Crippen LogP contribution in [0.1, 0.15) is 33.6 Å². The van der Waals surface area contributed by atoms with Gasteiger partial charge in [-0.05, 0) is 32.4 Å². The molecule has 0 saturated heterocycles. The molecule has 3 nitrogen and oxygen atoms in total. The molecule has 0 N–H and O–H groups in total. The van der Waals surface area contributed by atoms with Crippen LogP contribution in [0, 0.1) is 10.1 Å². The number of hydrogen-bond donors (Lipinski definition) is 0. The highest BCUT2D eigenvalue weighted by molar-refractivity contribution is 7.71. The molecule has 1 aromatic heterocycles. The van der Waals surface area contributed by atoms with Gasteiger partial charge in [0.2, 0.25) is 0 Å². The molecule has 0 aliphatic carbocycles. The van der Waals surface area contributed by atoms with Gasteiger partial charge in [0, 0.05) is 6.20 Å². The Morgan fingerprint density at radius 1 is 1.50 bits per heavy atom. The van der Waals surface area contributed by atoms with Crippen molar-refractivity contribution in [3.63, 3.8) is 0 Å². The number of rotatable bonds is 4. The van der Waals surface area contributed by atoms with Gasteiger partial charge in [0.05, 0.1) is 5.41 Å². The Hall–Kier alpha value is -1.16. The molecule has 0 aliphatic rings. The molecule has 0 amide bonds. The first-order chi connectivity index (χ1) is 7.47. The summed E-state index contributed by atoms with van der Waals surface area (Å²) < 4.78 is 1.82. The monoisotopic (exact) mass is 239 g/mol. The first-order valence-electron chi connectivity index (χ1n) is 5.38. The zero-order valence-corrected chi connectivity index (χ0v) is 10.7. The second kappa shape index (κ2) is 5.25. The summed E-state index contributed by atoms with van der Waals surface area (Å²) in [6, 6.07) is 5.30. The van der Waals surface area contributed by atoms with Crippen molar-refractivity contribution in [2.24, 2.45) is 5.41 Å². The van der Waals surface area contributed by atoms with Gasteiger partial charge in [-0.25, -0.2) is 4.79 Å². The molecule has 0 fully saturated rings. The average Bonchev–Trinajstić information content (AvgIpc) is 2.21. The Bertz CT molecular complexity index is 423. The van der Waals surface area contributed by atoms with E-state index in [0.717, 1.165) is 12.8 Å². The summed E-state index contributed by atoms with van der Waals surface area (Å²) in [7, 11) is 0. The first-order valence-corrected chi connectivity index (χ1v) is 5.78. The van der Waals surface area contributed by atoms with Crippen LogP contribution in [0.2, 0.25) is 0 Å². The van der Waals surface area contributed by atoms with Gasteiger partial charge in [0.1, 0.15) is 4.64 Å². The van der Waals surface area contributed by atoms with Gasteiger partial charge in [-0.1, -0.05) is 31.6 Å². The molecule has 0 saturated carbocycles. The highest BCUT2D eigenvalue weighted by atomic mass is 32.1. The Balaban J connectivity index is 2.79. The van der Waals surface area contributed by atoms with Crippen LogP contribution < -0.4 is 4.84 Å². The fourth-order valence-electron chi connectivity index (χ4n) is 1.43. The number of nitrogens with zero attached hydrogens (tertiary/aromatic N) is 1. The molecule has 0 atom stereocenters. The number of carbonyl (C=O) groups is 1. The third kappa shape index (κ3) is 3.17. The van der Waals surface area contributed by atoms with Crippen LogP contribution in [0.4, 0.5) is 0 Å². The van der Waals surface area contributed by atoms with E-state index in [1.165, 1.54) is 4.73 Å². The SMILES string of the molecule is CCCC(C)(C)C(=O)On1ccccc1=S. The lowest BCUT2D eigenvalue weighted by molar-refractivity contribution is -0.155. The summed E-state index contributed by atoms with van der Waals surface area (Å²) in [5.41, 5.74) is -0.473. The van der Waals surface area contributed by atoms with E-state index in [-0.39, 0.29) is 5.97 Å². The van der Waals surface area contributed by atoms with Crippen LogP contribution in [0.3, 0.4) is 0 Å². The summed E-state index contributed by atoms with van der Waals surface area (Å²) in [4.78, 5) is 17.1. The third-order valence-corrected chi connectivity index (χ3v) is 2.71. The van der Waals surface area contributed by atoms with Gasteiger partial charge < -0.3 is 4.84 Å². The first kappa shape index (κ1) is 12.9. The molecule has 4 heteroatoms. The number of hydrogen-bond acceptors (Lipinski definition) is 3. The van der Waals surface area contributed by atoms with Crippen LogP contribution >= 0.6 is 12.2 Å². The molecule has 0 radical (unpaired) electrons. The molecule has 88 valence electrons. The van der Waals surface area contributed by atoms with E-state index in [0.29, 0.717) is 4.64 Å². The highest BCUT2D eigenvalue weighted by Crippen LogP contribution is 2.22. The van der Waals surface area contributed by atoms with Crippen LogP contribution in [-0.4, -0.2) is 10.7 Å². The second-order valence-electron chi connectivity index (χ2n) is 4.38. The minimum atomic E-state index is -0.473. The molecular weight excluding hydrogens is 222 g/mol. The van der Waals surface area contributed by atoms with Gasteiger partial charge in [-0.2, -0.15) is 4.73 Å². The fraction of sp³-hybridized carbons (Fsp3) is 0.500. The van der Waals surface area contributed by atoms with Gasteiger partial charge in [-0.15, -0.1) is 0 Å². The van der Waals surface area contributed by atoms with Gasteiger partial charge in [0.25, 0.3) is 0 Å². The van der Waals surface area contributed by atoms with Crippen molar-refractivity contribution in [2.45, 2.75) is 33.6 Å². The number of aromatic nitrogens is 1. The van der Waals surface area contributed by atoms with Crippen LogP contribution in [0.15, 0.2) is 24.4 Å². The Morgan fingerprint density at radius 2 is 2.19 bits per heavy atom. The summed E-state index contributed by atoms with van der Waals surface area (Å²) in [6.45, 7) is 5.81. The molecule has 0 aromatic carbocycles. The van der Waals surface area contributed by atoms with Crippen molar-refractivity contribution in [1.29, 1.82) is 0 Å². The van der Waals surface area contributed by atoms with Crippen molar-refractivity contribution in [3.8, 4) is 0 Å². The normalized spacial score (nSPS) is 11.2. The molecular formula is C12H17NO2S. The summed E-state index contributed by atoms with van der Waals surface area (Å²) in [5, 5.41) is 0. The zero-order valence-electron chi connectivity index (χ0n) is 9.90. The molecule has 0 unspecified atom stereocenters. The lowest BCUT2D eigenvalue weighted by atomic mass is 9.88. The highest BCUT2D eigenvalue weighted by Gasteiger charge is 2.29. The lowest BCUT2D eigenvalue weighted by Crippen LogP contribution is -2.33. The van der Waals surface area contributed by atoms with E-state index in [4.69, 9.17) is 17.1 Å². The fourth-order valence-corrected chi connectivity index (χ4v) is 1.60. The minimum absolute atomic E-state index is 0.253. The molecule has 1 heterocycles. The van der Waals surface area contributed by atoms with E-state index >= 15 is 0 Å². The third-order valence-electron chi connectivity index (χ3n) is 2.40. The second-order valence-corrected chi connectivity index (χ2v) is 4.80. The van der Waals surface area contributed by atoms with Crippen molar-refractivity contribution in [3.05, 3.63) is 29.0 Å². The van der Waals surface area contributed by atoms with E-state index < -0.39 is 5.41 Å². The van der Waals surface area contributed by atoms with Crippen molar-refractivity contribution < 1.29 is 9.63 Å². The van der Waals surface area contributed by atoms with Crippen LogP contribution in [0.25, 0.3) is 0 Å². The summed E-state index contributed by atoms with van der Waals surface area (Å²) in [5.74, 6) is -0.253. The molecule has 0 spiro atoms. The Labute approximate surface area is 101 Å². The van der Waals surface area contributed by atoms with E-state index in [1.807, 2.05) is 26.8 Å². The standard InChI is InChI=1S/C12H17NO2S/c1-4-8-12(2,3)11(14)15-13-9-6-5-7-10(13)16/h5-7,9H,4,8H2,1-3H3. The molecule has 1 rings (SSSR count). The maximum Gasteiger partial charge on any atom is 0.338 e. The van der Waals surface area contributed by atoms with Crippen molar-refractivity contribution >= 4 is 18.2 Å². The predicted octanol–water partition coefficient (Wildman–Crippen LogP) is 3.00. The van der Waals surface area contributed by atoms with E-state index in [1.54, 1.807) is 18.3 Å². The van der Waals surface area contributed by atoms with Crippen LogP contribution in [0.5, 0.6) is 0 Å². The lowest BCUT2D eigenvalue weighted by Gasteiger charge is -2.21. The van der Waals surface area contributed by atoms with Gasteiger partial charge >= 0.3 is 5.97 Å². The quantitative estimate of drug-likeness (QED) is 0.757. The molecule has 16 heavy (non-hydrogen) atoms. The van der Waals surface area contributed by atoms with Gasteiger partial charge in [0.15, 0.2) is 0 Å². The van der Waals surface area contributed by atoms with Crippen molar-refractivity contribution in [2.75, 3.05) is 0 Å². The molecule has 0 aliphatic heterocycles. The largest absolute Gasteiger partial charge is 0.338 e. The number of carbonyl (C=O) groups excluding carboxylic acids is 1. The maximum absolute atomic E-state index is 11.9. The van der Waals surface area contributed by atoms with E-state index in [2.05, 4.69) is 0 Å². The topological polar surface area (TPSA) is 31.2 Å². The van der Waals surface area contributed by atoms with Crippen LogP contribution in [-0.2, 0) is 4.79 Å². The van der Waals surface area contributed by atoms with Gasteiger partial charge in [-0.3, -0.25) is 0 Å². The van der Waals surface area contributed by atoms with Crippen molar-refractivity contribution in [1.82, 2.24) is 4.73 Å². The minimum Gasteiger partial charge on any atom is -0.335 e. The predicted molar refractivity (Wildman–Crippen MR) is 65.5 cm³/mol. The maximum atomic E-state index is 11.9. The molecule has 0 bridgehead atoms.